The molecule has 0 saturated carbocycles. The molecule has 0 unspecified atom stereocenters. The third kappa shape index (κ3) is 2.21. The largest absolute Gasteiger partial charge is 0.482 e. The highest BCUT2D eigenvalue weighted by Gasteiger charge is 2.33. The van der Waals surface area contributed by atoms with E-state index in [0.717, 1.165) is 12.8 Å². The first-order chi connectivity index (χ1) is 5.66. The smallest absolute Gasteiger partial charge is 0.213 e. The average molecular weight is 173 g/mol. The van der Waals surface area contributed by atoms with Gasteiger partial charge < -0.3 is 9.47 Å². The van der Waals surface area contributed by atoms with Crippen LogP contribution in [0.3, 0.4) is 0 Å². The van der Waals surface area contributed by atoms with Crippen molar-refractivity contribution in [2.24, 2.45) is 0 Å². The van der Waals surface area contributed by atoms with Gasteiger partial charge in [0.1, 0.15) is 5.60 Å². The van der Waals surface area contributed by atoms with E-state index in [1.165, 1.54) is 7.11 Å². The van der Waals surface area contributed by atoms with Crippen LogP contribution in [0.2, 0.25) is 0 Å². The summed E-state index contributed by atoms with van der Waals surface area (Å²) in [6, 6.07) is 0. The molecule has 0 rings (SSSR count). The molecule has 3 heteroatoms. The Hall–Kier alpha value is -0.570. The molecule has 0 radical (unpaired) electrons. The van der Waals surface area contributed by atoms with Crippen molar-refractivity contribution in [2.75, 3.05) is 13.7 Å². The normalized spacial score (nSPS) is 11.3. The Morgan fingerprint density at radius 1 is 1.25 bits per heavy atom. The van der Waals surface area contributed by atoms with Gasteiger partial charge in [0.2, 0.25) is 5.90 Å². The van der Waals surface area contributed by atoms with E-state index in [4.69, 9.17) is 14.9 Å². The summed E-state index contributed by atoms with van der Waals surface area (Å²) in [5, 5.41) is 7.60. The fourth-order valence-electron chi connectivity index (χ4n) is 1.30. The van der Waals surface area contributed by atoms with Gasteiger partial charge in [-0.1, -0.05) is 13.8 Å². The summed E-state index contributed by atoms with van der Waals surface area (Å²) in [5.74, 6) is 0.231. The van der Waals surface area contributed by atoms with Crippen molar-refractivity contribution in [1.82, 2.24) is 0 Å². The van der Waals surface area contributed by atoms with Crippen molar-refractivity contribution >= 4 is 5.90 Å². The van der Waals surface area contributed by atoms with Crippen molar-refractivity contribution in [3.63, 3.8) is 0 Å². The number of hydrogen-bond acceptors (Lipinski definition) is 3. The van der Waals surface area contributed by atoms with Crippen LogP contribution in [0.25, 0.3) is 0 Å². The van der Waals surface area contributed by atoms with Crippen LogP contribution in [0.5, 0.6) is 0 Å². The molecule has 3 nitrogen and oxygen atoms in total. The van der Waals surface area contributed by atoms with E-state index in [1.54, 1.807) is 0 Å². The van der Waals surface area contributed by atoms with Crippen LogP contribution in [0, 0.1) is 5.41 Å². The Morgan fingerprint density at radius 3 is 2.00 bits per heavy atom. The molecule has 0 amide bonds. The van der Waals surface area contributed by atoms with Gasteiger partial charge in [0, 0.05) is 6.61 Å². The lowest BCUT2D eigenvalue weighted by Crippen LogP contribution is -2.41. The Balaban J connectivity index is 4.44. The van der Waals surface area contributed by atoms with Gasteiger partial charge >= 0.3 is 0 Å². The van der Waals surface area contributed by atoms with Crippen LogP contribution in [0.1, 0.15) is 33.6 Å². The van der Waals surface area contributed by atoms with E-state index in [0.29, 0.717) is 6.61 Å². The Kier molecular flexibility index (Phi) is 4.90. The lowest BCUT2D eigenvalue weighted by molar-refractivity contribution is -0.00660. The highest BCUT2D eigenvalue weighted by Crippen LogP contribution is 2.22. The van der Waals surface area contributed by atoms with Crippen LogP contribution in [0.15, 0.2) is 0 Å². The molecule has 72 valence electrons. The number of nitrogens with one attached hydrogen (secondary N) is 1. The SMILES string of the molecule is CCOC(CC)(CC)C(=N)OC. The fourth-order valence-corrected chi connectivity index (χ4v) is 1.30. The van der Waals surface area contributed by atoms with Gasteiger partial charge in [0.25, 0.3) is 0 Å². The van der Waals surface area contributed by atoms with E-state index >= 15 is 0 Å². The second-order valence-electron chi connectivity index (χ2n) is 2.67. The van der Waals surface area contributed by atoms with Gasteiger partial charge in [-0.3, -0.25) is 5.41 Å². The van der Waals surface area contributed by atoms with Gasteiger partial charge in [-0.2, -0.15) is 0 Å². The maximum Gasteiger partial charge on any atom is 0.213 e. The van der Waals surface area contributed by atoms with Gasteiger partial charge in [0.05, 0.1) is 7.11 Å². The summed E-state index contributed by atoms with van der Waals surface area (Å²) in [6.45, 7) is 6.57. The summed E-state index contributed by atoms with van der Waals surface area (Å²) < 4.78 is 10.4. The summed E-state index contributed by atoms with van der Waals surface area (Å²) in [4.78, 5) is 0. The van der Waals surface area contributed by atoms with Gasteiger partial charge in [0.15, 0.2) is 0 Å². The van der Waals surface area contributed by atoms with Crippen molar-refractivity contribution in [2.45, 2.75) is 39.2 Å². The highest BCUT2D eigenvalue weighted by atomic mass is 16.5. The van der Waals surface area contributed by atoms with Crippen LogP contribution in [-0.4, -0.2) is 25.2 Å². The molecule has 1 N–H and O–H groups in total. The minimum Gasteiger partial charge on any atom is -0.482 e. The minimum absolute atomic E-state index is 0.231. The predicted octanol–water partition coefficient (Wildman–Crippen LogP) is 2.21. The van der Waals surface area contributed by atoms with Crippen molar-refractivity contribution in [3.05, 3.63) is 0 Å². The maximum absolute atomic E-state index is 7.60. The van der Waals surface area contributed by atoms with E-state index in [2.05, 4.69) is 0 Å². The minimum atomic E-state index is -0.497. The topological polar surface area (TPSA) is 42.3 Å². The molecule has 0 aliphatic carbocycles. The Labute approximate surface area is 74.6 Å². The highest BCUT2D eigenvalue weighted by molar-refractivity contribution is 5.82. The zero-order valence-corrected chi connectivity index (χ0v) is 8.44. The van der Waals surface area contributed by atoms with Crippen LogP contribution < -0.4 is 0 Å². The summed E-state index contributed by atoms with van der Waals surface area (Å²) >= 11 is 0. The van der Waals surface area contributed by atoms with Crippen molar-refractivity contribution in [1.29, 1.82) is 5.41 Å². The second-order valence-corrected chi connectivity index (χ2v) is 2.67. The molecule has 0 atom stereocenters. The Morgan fingerprint density at radius 2 is 1.75 bits per heavy atom. The second kappa shape index (κ2) is 5.14. The quantitative estimate of drug-likeness (QED) is 0.511. The van der Waals surface area contributed by atoms with E-state index < -0.39 is 5.60 Å². The number of ether oxygens (including phenoxy) is 2. The maximum atomic E-state index is 7.60. The molecular formula is C9H19NO2. The van der Waals surface area contributed by atoms with Crippen LogP contribution in [0.4, 0.5) is 0 Å². The van der Waals surface area contributed by atoms with Crippen LogP contribution >= 0.6 is 0 Å². The van der Waals surface area contributed by atoms with Gasteiger partial charge in [-0.25, -0.2) is 0 Å². The zero-order chi connectivity index (χ0) is 9.61. The lowest BCUT2D eigenvalue weighted by atomic mass is 9.97. The third-order valence-corrected chi connectivity index (χ3v) is 2.18. The molecule has 0 aromatic heterocycles. The molecule has 0 fully saturated rings. The standard InChI is InChI=1S/C9H19NO2/c1-5-9(6-2,12-7-3)8(10)11-4/h10H,5-7H2,1-4H3. The monoisotopic (exact) mass is 173 g/mol. The number of hydrogen-bond donors (Lipinski definition) is 1. The van der Waals surface area contributed by atoms with E-state index in [-0.39, 0.29) is 5.90 Å². The number of rotatable bonds is 5. The molecule has 0 aliphatic rings. The molecule has 0 saturated heterocycles. The molecule has 0 aromatic rings. The van der Waals surface area contributed by atoms with Crippen molar-refractivity contribution in [3.8, 4) is 0 Å². The molecule has 0 spiro atoms. The fraction of sp³-hybridized carbons (Fsp3) is 0.889. The summed E-state index contributed by atoms with van der Waals surface area (Å²) in [5.41, 5.74) is -0.497. The van der Waals surface area contributed by atoms with Gasteiger partial charge in [-0.05, 0) is 19.8 Å². The zero-order valence-electron chi connectivity index (χ0n) is 8.44. The third-order valence-electron chi connectivity index (χ3n) is 2.18. The molecule has 0 bridgehead atoms. The molecule has 0 aliphatic heterocycles. The number of methoxy groups -OCH3 is 1. The average Bonchev–Trinajstić information content (AvgIpc) is 2.13. The molecular weight excluding hydrogens is 154 g/mol. The lowest BCUT2D eigenvalue weighted by Gasteiger charge is -2.30. The predicted molar refractivity (Wildman–Crippen MR) is 49.7 cm³/mol. The summed E-state index contributed by atoms with van der Waals surface area (Å²) in [6.07, 6.45) is 1.56. The molecule has 0 aromatic carbocycles. The van der Waals surface area contributed by atoms with Gasteiger partial charge in [-0.15, -0.1) is 0 Å². The summed E-state index contributed by atoms with van der Waals surface area (Å²) in [7, 11) is 1.52. The first-order valence-corrected chi connectivity index (χ1v) is 4.43. The first-order valence-electron chi connectivity index (χ1n) is 4.43. The Bertz CT molecular complexity index is 141. The van der Waals surface area contributed by atoms with E-state index in [1.807, 2.05) is 20.8 Å². The van der Waals surface area contributed by atoms with E-state index in [9.17, 15) is 0 Å². The van der Waals surface area contributed by atoms with Crippen molar-refractivity contribution < 1.29 is 9.47 Å². The molecule has 0 heterocycles. The van der Waals surface area contributed by atoms with Crippen LogP contribution in [-0.2, 0) is 9.47 Å². The molecule has 12 heavy (non-hydrogen) atoms. The first kappa shape index (κ1) is 11.4.